The Hall–Kier alpha value is -5.05. The molecule has 4 aliphatic rings. The number of esters is 1. The Morgan fingerprint density at radius 1 is 0.774 bits per heavy atom. The van der Waals surface area contributed by atoms with Crippen molar-refractivity contribution in [2.24, 2.45) is 5.92 Å². The van der Waals surface area contributed by atoms with Crippen molar-refractivity contribution in [3.63, 3.8) is 0 Å². The minimum atomic E-state index is -3.58. The molecule has 4 aromatic heterocycles. The molecule has 0 amide bonds. The summed E-state index contributed by atoms with van der Waals surface area (Å²) < 4.78 is 46.5. The predicted molar refractivity (Wildman–Crippen MR) is 240 cm³/mol. The molecular formula is C43H48N10O6S3. The van der Waals surface area contributed by atoms with Gasteiger partial charge in [-0.25, -0.2) is 42.9 Å². The van der Waals surface area contributed by atoms with Gasteiger partial charge in [-0.15, -0.1) is 22.7 Å². The molecule has 2 aromatic carbocycles. The number of piperidine rings is 2. The monoisotopic (exact) mass is 896 g/mol. The molecule has 62 heavy (non-hydrogen) atoms. The zero-order valence-electron chi connectivity index (χ0n) is 34.2. The Kier molecular flexibility index (Phi) is 11.9. The number of ether oxygens (including phenoxy) is 3. The lowest BCUT2D eigenvalue weighted by molar-refractivity contribution is -0.114. The van der Waals surface area contributed by atoms with Crippen molar-refractivity contribution in [3.05, 3.63) is 82.6 Å². The van der Waals surface area contributed by atoms with E-state index in [-0.39, 0.29) is 6.04 Å². The first-order valence-corrected chi connectivity index (χ1v) is 24.4. The second kappa shape index (κ2) is 18.0. The van der Waals surface area contributed by atoms with E-state index in [1.807, 2.05) is 18.2 Å². The number of sulfonamides is 1. The van der Waals surface area contributed by atoms with Crippen LogP contribution in [0.2, 0.25) is 0 Å². The standard InChI is InChI=1S/C43H48N10O6S3/c54-43(37-23-44-38(61-37)20-29-4-1-11-52(24-29)41-33-9-7-31(21-35(33)45-27-47-41)50-13-16-57-17-14-50)59-39-26-51(15-18-58-39)32-8-10-34-36(22-32)46-28-48-42(34)53-12-2-5-30(25-53)49-62(55,56)40-6-3-19-60-40/h3,6-10,19,21-23,27-30,39,49H,1-2,4-5,11-18,20,24-26H2. The van der Waals surface area contributed by atoms with Gasteiger partial charge in [0.15, 0.2) is 0 Å². The van der Waals surface area contributed by atoms with Gasteiger partial charge in [0, 0.05) is 80.4 Å². The molecular weight excluding hydrogens is 849 g/mol. The topological polar surface area (TPSA) is 168 Å². The van der Waals surface area contributed by atoms with E-state index in [1.165, 1.54) is 22.7 Å². The Bertz CT molecular complexity index is 2640. The molecule has 4 fully saturated rings. The number of thiazole rings is 1. The number of aromatic nitrogens is 5. The number of thiophene rings is 1. The largest absolute Gasteiger partial charge is 0.430 e. The van der Waals surface area contributed by atoms with Gasteiger partial charge in [-0.3, -0.25) is 0 Å². The van der Waals surface area contributed by atoms with E-state index < -0.39 is 22.3 Å². The summed E-state index contributed by atoms with van der Waals surface area (Å²) >= 11 is 2.60. The third-order valence-electron chi connectivity index (χ3n) is 12.1. The van der Waals surface area contributed by atoms with E-state index in [1.54, 1.807) is 36.4 Å². The van der Waals surface area contributed by atoms with Crippen LogP contribution in [-0.4, -0.2) is 124 Å². The third-order valence-corrected chi connectivity index (χ3v) is 16.0. The van der Waals surface area contributed by atoms with Crippen LogP contribution >= 0.6 is 22.7 Å². The minimum absolute atomic E-state index is 0.236. The van der Waals surface area contributed by atoms with Crippen LogP contribution < -0.4 is 24.3 Å². The average Bonchev–Trinajstić information content (AvgIpc) is 4.03. The number of carbonyl (C=O) groups is 1. The molecule has 0 radical (unpaired) electrons. The number of nitrogens with zero attached hydrogens (tertiary/aromatic N) is 9. The van der Waals surface area contributed by atoms with E-state index in [9.17, 15) is 13.2 Å². The number of hydrogen-bond acceptors (Lipinski definition) is 17. The normalized spacial score (nSPS) is 21.5. The molecule has 0 bridgehead atoms. The smallest absolute Gasteiger partial charge is 0.352 e. The fourth-order valence-electron chi connectivity index (χ4n) is 9.01. The fraction of sp³-hybridized carbons (Fsp3) is 0.442. The lowest BCUT2D eigenvalue weighted by Gasteiger charge is -2.35. The zero-order chi connectivity index (χ0) is 42.0. The van der Waals surface area contributed by atoms with Crippen LogP contribution in [0.25, 0.3) is 21.8 Å². The van der Waals surface area contributed by atoms with E-state index in [2.05, 4.69) is 62.5 Å². The van der Waals surface area contributed by atoms with Crippen molar-refractivity contribution >= 4 is 83.5 Å². The molecule has 6 aromatic rings. The molecule has 3 unspecified atom stereocenters. The summed E-state index contributed by atoms with van der Waals surface area (Å²) in [6, 6.07) is 15.7. The maximum absolute atomic E-state index is 13.4. The quantitative estimate of drug-likeness (QED) is 0.165. The van der Waals surface area contributed by atoms with Gasteiger partial charge in [-0.1, -0.05) is 6.07 Å². The van der Waals surface area contributed by atoms with Gasteiger partial charge < -0.3 is 33.8 Å². The van der Waals surface area contributed by atoms with Crippen molar-refractivity contribution in [3.8, 4) is 0 Å². The van der Waals surface area contributed by atoms with Gasteiger partial charge in [-0.05, 0) is 79.4 Å². The van der Waals surface area contributed by atoms with Gasteiger partial charge >= 0.3 is 5.97 Å². The van der Waals surface area contributed by atoms with E-state index in [0.717, 1.165) is 128 Å². The second-order valence-corrected chi connectivity index (χ2v) is 20.2. The molecule has 10 rings (SSSR count). The minimum Gasteiger partial charge on any atom is -0.430 e. The second-order valence-electron chi connectivity index (χ2n) is 16.2. The zero-order valence-corrected chi connectivity index (χ0v) is 36.6. The summed E-state index contributed by atoms with van der Waals surface area (Å²) in [5.74, 6) is 1.66. The molecule has 0 saturated carbocycles. The highest BCUT2D eigenvalue weighted by molar-refractivity contribution is 7.91. The lowest BCUT2D eigenvalue weighted by atomic mass is 9.95. The molecule has 16 nitrogen and oxygen atoms in total. The summed E-state index contributed by atoms with van der Waals surface area (Å²) in [6.45, 7) is 7.66. The number of benzene rings is 2. The highest BCUT2D eigenvalue weighted by Crippen LogP contribution is 2.33. The van der Waals surface area contributed by atoms with E-state index >= 15 is 0 Å². The summed E-state index contributed by atoms with van der Waals surface area (Å²) in [5, 5.41) is 4.62. The van der Waals surface area contributed by atoms with Gasteiger partial charge in [0.1, 0.15) is 33.4 Å². The van der Waals surface area contributed by atoms with Crippen molar-refractivity contribution < 1.29 is 27.4 Å². The van der Waals surface area contributed by atoms with E-state index in [4.69, 9.17) is 19.2 Å². The summed E-state index contributed by atoms with van der Waals surface area (Å²) in [7, 11) is -3.58. The number of rotatable bonds is 11. The van der Waals surface area contributed by atoms with Crippen molar-refractivity contribution in [1.29, 1.82) is 0 Å². The van der Waals surface area contributed by atoms with Crippen LogP contribution in [0.5, 0.6) is 0 Å². The first kappa shape index (κ1) is 41.0. The van der Waals surface area contributed by atoms with Gasteiger partial charge in [0.2, 0.25) is 16.3 Å². The van der Waals surface area contributed by atoms with Crippen LogP contribution in [0.1, 0.15) is 40.4 Å². The first-order valence-electron chi connectivity index (χ1n) is 21.2. The number of anilines is 4. The predicted octanol–water partition coefficient (Wildman–Crippen LogP) is 5.35. The Morgan fingerprint density at radius 3 is 2.19 bits per heavy atom. The summed E-state index contributed by atoms with van der Waals surface area (Å²) in [5.41, 5.74) is 3.81. The van der Waals surface area contributed by atoms with Crippen LogP contribution in [0.3, 0.4) is 0 Å². The molecule has 8 heterocycles. The maximum Gasteiger partial charge on any atom is 0.352 e. The molecule has 0 aliphatic carbocycles. The Balaban J connectivity index is 0.748. The molecule has 4 aliphatic heterocycles. The molecule has 1 N–H and O–H groups in total. The number of nitrogens with one attached hydrogen (secondary N) is 1. The van der Waals surface area contributed by atoms with Crippen molar-refractivity contribution in [2.75, 3.05) is 91.8 Å². The average molecular weight is 897 g/mol. The number of morpholine rings is 2. The highest BCUT2D eigenvalue weighted by Gasteiger charge is 2.30. The SMILES string of the molecule is O=C(OC1CN(c2ccc3c(N4CCCC(NS(=O)(=O)c5cccs5)C4)ncnc3c2)CCO1)c1cnc(CC2CCCN(c3ncnc4cc(N5CCOCC5)ccc34)C2)s1. The van der Waals surface area contributed by atoms with Gasteiger partial charge in [0.05, 0.1) is 48.6 Å². The third kappa shape index (κ3) is 8.91. The number of carbonyl (C=O) groups excluding carboxylic acids is 1. The van der Waals surface area contributed by atoms with Crippen LogP contribution in [0.15, 0.2) is 77.0 Å². The van der Waals surface area contributed by atoms with Gasteiger partial charge in [0.25, 0.3) is 0 Å². The number of fused-ring (bicyclic) bond motifs is 2. The highest BCUT2D eigenvalue weighted by atomic mass is 32.2. The Labute approximate surface area is 367 Å². The summed E-state index contributed by atoms with van der Waals surface area (Å²) in [4.78, 5) is 46.1. The molecule has 3 atom stereocenters. The lowest BCUT2D eigenvalue weighted by Crippen LogP contribution is -2.47. The van der Waals surface area contributed by atoms with Crippen LogP contribution in [-0.2, 0) is 30.7 Å². The van der Waals surface area contributed by atoms with Crippen molar-refractivity contribution in [2.45, 2.75) is 48.6 Å². The molecule has 4 saturated heterocycles. The first-order chi connectivity index (χ1) is 30.3. The molecule has 324 valence electrons. The molecule has 0 spiro atoms. The summed E-state index contributed by atoms with van der Waals surface area (Å²) in [6.07, 6.45) is 8.57. The van der Waals surface area contributed by atoms with Gasteiger partial charge in [-0.2, -0.15) is 0 Å². The molecule has 19 heteroatoms. The number of hydrogen-bond donors (Lipinski definition) is 1. The van der Waals surface area contributed by atoms with E-state index in [0.29, 0.717) is 41.2 Å². The van der Waals surface area contributed by atoms with Crippen molar-refractivity contribution in [1.82, 2.24) is 29.6 Å². The van der Waals surface area contributed by atoms with Crippen LogP contribution in [0.4, 0.5) is 23.0 Å². The maximum atomic E-state index is 13.4. The Morgan fingerprint density at radius 2 is 1.47 bits per heavy atom. The fourth-order valence-corrected chi connectivity index (χ4v) is 12.2. The van der Waals surface area contributed by atoms with Crippen LogP contribution in [0, 0.1) is 5.92 Å².